The molecule has 0 fully saturated rings. The van der Waals surface area contributed by atoms with Crippen molar-refractivity contribution >= 4 is 17.2 Å². The number of alkyl halides is 1. The molecular formula is C18H19ClO. The standard InChI is InChI=1S/C18H19ClO/c19-14-8-7-13-17(15-9-3-1-4-10-15)18(20)16-11-5-2-6-12-16/h1-6,9-13,18,20H,7-8,14H2/b17-13+/t18-/m1/s1. The van der Waals surface area contributed by atoms with E-state index in [9.17, 15) is 5.11 Å². The molecule has 0 aromatic heterocycles. The van der Waals surface area contributed by atoms with E-state index in [1.165, 1.54) is 0 Å². The third kappa shape index (κ3) is 3.96. The lowest BCUT2D eigenvalue weighted by Crippen LogP contribution is -2.01. The Morgan fingerprint density at radius 3 is 2.20 bits per heavy atom. The van der Waals surface area contributed by atoms with Crippen LogP contribution in [-0.4, -0.2) is 11.0 Å². The average molecular weight is 287 g/mol. The van der Waals surface area contributed by atoms with E-state index < -0.39 is 6.10 Å². The predicted octanol–water partition coefficient (Wildman–Crippen LogP) is 4.82. The molecule has 2 aromatic carbocycles. The zero-order chi connectivity index (χ0) is 14.2. The maximum atomic E-state index is 10.6. The third-order valence-corrected chi connectivity index (χ3v) is 3.49. The molecule has 1 atom stereocenters. The van der Waals surface area contributed by atoms with Crippen LogP contribution in [0.15, 0.2) is 66.7 Å². The van der Waals surface area contributed by atoms with Gasteiger partial charge in [0.2, 0.25) is 0 Å². The molecule has 0 saturated carbocycles. The van der Waals surface area contributed by atoms with Crippen molar-refractivity contribution in [3.05, 3.63) is 77.9 Å². The Hall–Kier alpha value is -1.57. The highest BCUT2D eigenvalue weighted by Crippen LogP contribution is 2.30. The molecule has 0 saturated heterocycles. The normalized spacial score (nSPS) is 13.2. The number of rotatable bonds is 6. The van der Waals surface area contributed by atoms with Gasteiger partial charge >= 0.3 is 0 Å². The molecule has 1 nitrogen and oxygen atoms in total. The van der Waals surface area contributed by atoms with Gasteiger partial charge in [-0.15, -0.1) is 11.6 Å². The first kappa shape index (κ1) is 14.8. The Kier molecular flexibility index (Phi) is 5.85. The summed E-state index contributed by atoms with van der Waals surface area (Å²) in [6.07, 6.45) is 3.28. The van der Waals surface area contributed by atoms with Gasteiger partial charge in [0, 0.05) is 5.88 Å². The minimum atomic E-state index is -0.603. The molecule has 2 aromatic rings. The number of aliphatic hydroxyl groups excluding tert-OH is 1. The van der Waals surface area contributed by atoms with Crippen LogP contribution in [0.4, 0.5) is 0 Å². The van der Waals surface area contributed by atoms with E-state index in [1.54, 1.807) is 0 Å². The number of halogens is 1. The molecular weight excluding hydrogens is 268 g/mol. The zero-order valence-corrected chi connectivity index (χ0v) is 12.1. The summed E-state index contributed by atoms with van der Waals surface area (Å²) < 4.78 is 0. The number of hydrogen-bond donors (Lipinski definition) is 1. The van der Waals surface area contributed by atoms with Gasteiger partial charge in [0.05, 0.1) is 0 Å². The van der Waals surface area contributed by atoms with Crippen molar-refractivity contribution < 1.29 is 5.11 Å². The SMILES string of the molecule is O[C@@H](/C(=C/CCCCl)c1ccccc1)c1ccccc1. The molecule has 0 aliphatic rings. The Bertz CT molecular complexity index is 534. The molecule has 2 heteroatoms. The summed E-state index contributed by atoms with van der Waals surface area (Å²) in [4.78, 5) is 0. The highest BCUT2D eigenvalue weighted by Gasteiger charge is 2.14. The summed E-state index contributed by atoms with van der Waals surface area (Å²) in [5.74, 6) is 0.639. The van der Waals surface area contributed by atoms with Crippen molar-refractivity contribution in [1.82, 2.24) is 0 Å². The van der Waals surface area contributed by atoms with Gasteiger partial charge in [-0.1, -0.05) is 66.7 Å². The van der Waals surface area contributed by atoms with Crippen molar-refractivity contribution in [3.63, 3.8) is 0 Å². The first-order valence-corrected chi connectivity index (χ1v) is 7.41. The first-order chi connectivity index (χ1) is 9.83. The van der Waals surface area contributed by atoms with E-state index in [0.717, 1.165) is 29.5 Å². The lowest BCUT2D eigenvalue weighted by Gasteiger charge is -2.16. The molecule has 0 heterocycles. The van der Waals surface area contributed by atoms with Gasteiger partial charge < -0.3 is 5.11 Å². The van der Waals surface area contributed by atoms with E-state index in [2.05, 4.69) is 6.08 Å². The summed E-state index contributed by atoms with van der Waals surface area (Å²) in [6.45, 7) is 0. The number of allylic oxidation sites excluding steroid dienone is 1. The first-order valence-electron chi connectivity index (χ1n) is 6.87. The van der Waals surface area contributed by atoms with Gasteiger partial charge in [-0.25, -0.2) is 0 Å². The van der Waals surface area contributed by atoms with Gasteiger partial charge in [0.15, 0.2) is 0 Å². The summed E-state index contributed by atoms with van der Waals surface area (Å²) in [5.41, 5.74) is 2.91. The maximum absolute atomic E-state index is 10.6. The monoisotopic (exact) mass is 286 g/mol. The molecule has 0 spiro atoms. The van der Waals surface area contributed by atoms with Gasteiger partial charge in [-0.2, -0.15) is 0 Å². The summed E-state index contributed by atoms with van der Waals surface area (Å²) in [5, 5.41) is 10.6. The number of unbranched alkanes of at least 4 members (excludes halogenated alkanes) is 1. The van der Waals surface area contributed by atoms with E-state index in [4.69, 9.17) is 11.6 Å². The lowest BCUT2D eigenvalue weighted by molar-refractivity contribution is 0.238. The van der Waals surface area contributed by atoms with Gasteiger partial charge in [-0.05, 0) is 29.5 Å². The summed E-state index contributed by atoms with van der Waals surface area (Å²) in [7, 11) is 0. The van der Waals surface area contributed by atoms with Crippen LogP contribution in [-0.2, 0) is 0 Å². The van der Waals surface area contributed by atoms with Gasteiger partial charge in [0.1, 0.15) is 6.10 Å². The van der Waals surface area contributed by atoms with Gasteiger partial charge in [0.25, 0.3) is 0 Å². The molecule has 0 aliphatic carbocycles. The van der Waals surface area contributed by atoms with E-state index in [-0.39, 0.29) is 0 Å². The molecule has 1 N–H and O–H groups in total. The molecule has 104 valence electrons. The number of aliphatic hydroxyl groups is 1. The smallest absolute Gasteiger partial charge is 0.104 e. The van der Waals surface area contributed by atoms with Crippen molar-refractivity contribution in [3.8, 4) is 0 Å². The lowest BCUT2D eigenvalue weighted by atomic mass is 9.94. The van der Waals surface area contributed by atoms with Crippen LogP contribution in [0.1, 0.15) is 30.1 Å². The van der Waals surface area contributed by atoms with Crippen molar-refractivity contribution in [2.75, 3.05) is 5.88 Å². The summed E-state index contributed by atoms with van der Waals surface area (Å²) >= 11 is 5.74. The molecule has 0 aliphatic heterocycles. The Balaban J connectivity index is 2.29. The molecule has 0 amide bonds. The van der Waals surface area contributed by atoms with E-state index in [0.29, 0.717) is 5.88 Å². The fourth-order valence-electron chi connectivity index (χ4n) is 2.17. The molecule has 0 radical (unpaired) electrons. The minimum Gasteiger partial charge on any atom is -0.384 e. The topological polar surface area (TPSA) is 20.2 Å². The van der Waals surface area contributed by atoms with Crippen LogP contribution in [0, 0.1) is 0 Å². The Morgan fingerprint density at radius 1 is 1.00 bits per heavy atom. The minimum absolute atomic E-state index is 0.603. The van der Waals surface area contributed by atoms with Crippen molar-refractivity contribution in [2.24, 2.45) is 0 Å². The zero-order valence-electron chi connectivity index (χ0n) is 11.4. The summed E-state index contributed by atoms with van der Waals surface area (Å²) in [6, 6.07) is 19.7. The van der Waals surface area contributed by atoms with Crippen LogP contribution < -0.4 is 0 Å². The van der Waals surface area contributed by atoms with Crippen LogP contribution in [0.25, 0.3) is 5.57 Å². The third-order valence-electron chi connectivity index (χ3n) is 3.22. The average Bonchev–Trinajstić information content (AvgIpc) is 2.53. The second kappa shape index (κ2) is 7.88. The Morgan fingerprint density at radius 2 is 1.60 bits per heavy atom. The highest BCUT2D eigenvalue weighted by atomic mass is 35.5. The maximum Gasteiger partial charge on any atom is 0.104 e. The molecule has 20 heavy (non-hydrogen) atoms. The van der Waals surface area contributed by atoms with E-state index in [1.807, 2.05) is 60.7 Å². The molecule has 2 rings (SSSR count). The van der Waals surface area contributed by atoms with Crippen LogP contribution in [0.2, 0.25) is 0 Å². The number of hydrogen-bond acceptors (Lipinski definition) is 1. The second-order valence-corrected chi connectivity index (χ2v) is 5.05. The fraction of sp³-hybridized carbons (Fsp3) is 0.222. The quantitative estimate of drug-likeness (QED) is 0.596. The molecule has 0 unspecified atom stereocenters. The highest BCUT2D eigenvalue weighted by molar-refractivity contribution is 6.17. The van der Waals surface area contributed by atoms with Crippen LogP contribution in [0.5, 0.6) is 0 Å². The van der Waals surface area contributed by atoms with E-state index >= 15 is 0 Å². The number of benzene rings is 2. The van der Waals surface area contributed by atoms with Crippen LogP contribution >= 0.6 is 11.6 Å². The fourth-order valence-corrected chi connectivity index (χ4v) is 2.32. The second-order valence-electron chi connectivity index (χ2n) is 4.67. The van der Waals surface area contributed by atoms with Crippen molar-refractivity contribution in [2.45, 2.75) is 18.9 Å². The Labute approximate surface area is 125 Å². The molecule has 0 bridgehead atoms. The van der Waals surface area contributed by atoms with Crippen LogP contribution in [0.3, 0.4) is 0 Å². The predicted molar refractivity (Wildman–Crippen MR) is 85.8 cm³/mol. The van der Waals surface area contributed by atoms with Gasteiger partial charge in [-0.3, -0.25) is 0 Å². The van der Waals surface area contributed by atoms with Crippen molar-refractivity contribution in [1.29, 1.82) is 0 Å². The largest absolute Gasteiger partial charge is 0.384 e.